The van der Waals surface area contributed by atoms with Gasteiger partial charge >= 0.3 is 5.97 Å². The molecule has 136 valence electrons. The average Bonchev–Trinajstić information content (AvgIpc) is 2.95. The Hall–Kier alpha value is -1.86. The molecule has 1 aromatic carbocycles. The Morgan fingerprint density at radius 1 is 1.24 bits per heavy atom. The fourth-order valence-corrected chi connectivity index (χ4v) is 3.11. The van der Waals surface area contributed by atoms with Gasteiger partial charge in [0.1, 0.15) is 0 Å². The van der Waals surface area contributed by atoms with Crippen LogP contribution in [0, 0.1) is 0 Å². The van der Waals surface area contributed by atoms with Crippen LogP contribution < -0.4 is 0 Å². The predicted molar refractivity (Wildman–Crippen MR) is 99.0 cm³/mol. The van der Waals surface area contributed by atoms with Gasteiger partial charge < -0.3 is 14.4 Å². The second-order valence-electron chi connectivity index (χ2n) is 6.81. The standard InChI is InChI=1S/C18H25N3O3S/c1-18(2,3)14-8-6-13(7-9-14)16-19-20-17(25-12-15(22)23)21(16)10-5-11-24-4/h6-9H,5,10-12H2,1-4H3,(H,22,23). The normalized spacial score (nSPS) is 11.7. The number of nitrogens with zero attached hydrogens (tertiary/aromatic N) is 3. The zero-order valence-corrected chi connectivity index (χ0v) is 16.0. The molecule has 2 aromatic rings. The van der Waals surface area contributed by atoms with Crippen LogP contribution in [0.15, 0.2) is 29.4 Å². The summed E-state index contributed by atoms with van der Waals surface area (Å²) < 4.78 is 7.09. The number of hydrogen-bond donors (Lipinski definition) is 1. The van der Waals surface area contributed by atoms with Crippen molar-refractivity contribution < 1.29 is 14.6 Å². The quantitative estimate of drug-likeness (QED) is 0.572. The van der Waals surface area contributed by atoms with Crippen molar-refractivity contribution in [1.29, 1.82) is 0 Å². The van der Waals surface area contributed by atoms with Gasteiger partial charge in [0.15, 0.2) is 11.0 Å². The average molecular weight is 363 g/mol. The summed E-state index contributed by atoms with van der Waals surface area (Å²) in [7, 11) is 1.67. The molecule has 0 fully saturated rings. The van der Waals surface area contributed by atoms with Crippen molar-refractivity contribution in [2.45, 2.75) is 44.3 Å². The zero-order valence-electron chi connectivity index (χ0n) is 15.2. The highest BCUT2D eigenvalue weighted by atomic mass is 32.2. The summed E-state index contributed by atoms with van der Waals surface area (Å²) in [6.45, 7) is 7.84. The largest absolute Gasteiger partial charge is 0.481 e. The van der Waals surface area contributed by atoms with Crippen molar-refractivity contribution in [1.82, 2.24) is 14.8 Å². The first-order valence-electron chi connectivity index (χ1n) is 8.20. The molecule has 0 saturated heterocycles. The molecule has 0 saturated carbocycles. The molecule has 0 aliphatic heterocycles. The SMILES string of the molecule is COCCCn1c(SCC(=O)O)nnc1-c1ccc(C(C)(C)C)cc1. The van der Waals surface area contributed by atoms with Crippen molar-refractivity contribution in [3.05, 3.63) is 29.8 Å². The van der Waals surface area contributed by atoms with Crippen molar-refractivity contribution >= 4 is 17.7 Å². The van der Waals surface area contributed by atoms with Crippen molar-refractivity contribution in [3.63, 3.8) is 0 Å². The number of methoxy groups -OCH3 is 1. The van der Waals surface area contributed by atoms with Crippen molar-refractivity contribution in [2.75, 3.05) is 19.5 Å². The maximum absolute atomic E-state index is 10.9. The van der Waals surface area contributed by atoms with Crippen LogP contribution in [0.5, 0.6) is 0 Å². The first-order chi connectivity index (χ1) is 11.8. The summed E-state index contributed by atoms with van der Waals surface area (Å²) in [6, 6.07) is 8.30. The summed E-state index contributed by atoms with van der Waals surface area (Å²) in [6.07, 6.45) is 0.808. The Bertz CT molecular complexity index is 705. The van der Waals surface area contributed by atoms with Gasteiger partial charge in [-0.25, -0.2) is 0 Å². The minimum absolute atomic E-state index is 0.0363. The molecule has 6 nitrogen and oxygen atoms in total. The lowest BCUT2D eigenvalue weighted by Crippen LogP contribution is -2.11. The van der Waals surface area contributed by atoms with E-state index in [1.165, 1.54) is 17.3 Å². The highest BCUT2D eigenvalue weighted by Gasteiger charge is 2.17. The molecule has 1 N–H and O–H groups in total. The van der Waals surface area contributed by atoms with Crippen molar-refractivity contribution in [2.24, 2.45) is 0 Å². The zero-order chi connectivity index (χ0) is 18.4. The van der Waals surface area contributed by atoms with Gasteiger partial charge in [-0.1, -0.05) is 56.8 Å². The molecule has 1 aromatic heterocycles. The third-order valence-electron chi connectivity index (χ3n) is 3.78. The number of thioether (sulfide) groups is 1. The number of benzene rings is 1. The molecule has 2 rings (SSSR count). The van der Waals surface area contributed by atoms with Crippen LogP contribution in [0.3, 0.4) is 0 Å². The highest BCUT2D eigenvalue weighted by molar-refractivity contribution is 7.99. The topological polar surface area (TPSA) is 77.2 Å². The third kappa shape index (κ3) is 5.31. The van der Waals surface area contributed by atoms with E-state index in [0.717, 1.165) is 17.8 Å². The molecule has 0 aliphatic rings. The predicted octanol–water partition coefficient (Wildman–Crippen LogP) is 3.46. The van der Waals surface area contributed by atoms with Crippen LogP contribution >= 0.6 is 11.8 Å². The second kappa shape index (κ2) is 8.49. The first-order valence-corrected chi connectivity index (χ1v) is 9.19. The van der Waals surface area contributed by atoms with Gasteiger partial charge in [0.05, 0.1) is 5.75 Å². The number of aliphatic carboxylic acids is 1. The molecule has 0 radical (unpaired) electrons. The van der Waals surface area contributed by atoms with E-state index in [2.05, 4.69) is 43.1 Å². The summed E-state index contributed by atoms with van der Waals surface area (Å²) in [5.74, 6) is -0.150. The number of carboxylic acids is 1. The Labute approximate surface area is 152 Å². The van der Waals surface area contributed by atoms with Gasteiger partial charge in [0, 0.05) is 25.8 Å². The summed E-state index contributed by atoms with van der Waals surface area (Å²) in [5, 5.41) is 18.0. The minimum atomic E-state index is -0.868. The van der Waals surface area contributed by atoms with E-state index in [0.29, 0.717) is 18.3 Å². The van der Waals surface area contributed by atoms with Crippen molar-refractivity contribution in [3.8, 4) is 11.4 Å². The lowest BCUT2D eigenvalue weighted by molar-refractivity contribution is -0.133. The minimum Gasteiger partial charge on any atom is -0.481 e. The summed E-state index contributed by atoms with van der Waals surface area (Å²) >= 11 is 1.19. The number of rotatable bonds is 8. The molecule has 0 spiro atoms. The smallest absolute Gasteiger partial charge is 0.313 e. The van der Waals surface area contributed by atoms with Gasteiger partial charge in [0.2, 0.25) is 0 Å². The lowest BCUT2D eigenvalue weighted by atomic mass is 9.87. The van der Waals surface area contributed by atoms with Crippen LogP contribution in [0.4, 0.5) is 0 Å². The van der Waals surface area contributed by atoms with E-state index in [1.54, 1.807) is 7.11 Å². The first kappa shape index (κ1) is 19.5. The van der Waals surface area contributed by atoms with Gasteiger partial charge in [-0.15, -0.1) is 10.2 Å². The van der Waals surface area contributed by atoms with Gasteiger partial charge in [0.25, 0.3) is 0 Å². The molecule has 0 bridgehead atoms. The number of hydrogen-bond acceptors (Lipinski definition) is 5. The lowest BCUT2D eigenvalue weighted by Gasteiger charge is -2.19. The summed E-state index contributed by atoms with van der Waals surface area (Å²) in [4.78, 5) is 10.9. The monoisotopic (exact) mass is 363 g/mol. The van der Waals surface area contributed by atoms with E-state index >= 15 is 0 Å². The number of ether oxygens (including phenoxy) is 1. The molecule has 7 heteroatoms. The van der Waals surface area contributed by atoms with Crippen LogP contribution in [-0.2, 0) is 21.5 Å². The molecule has 0 atom stereocenters. The van der Waals surface area contributed by atoms with E-state index in [-0.39, 0.29) is 11.2 Å². The molecule has 1 heterocycles. The fraction of sp³-hybridized carbons (Fsp3) is 0.500. The van der Waals surface area contributed by atoms with Crippen LogP contribution in [0.1, 0.15) is 32.8 Å². The maximum Gasteiger partial charge on any atom is 0.313 e. The van der Waals surface area contributed by atoms with E-state index in [9.17, 15) is 4.79 Å². The Kier molecular flexibility index (Phi) is 6.61. The molecule has 0 unspecified atom stereocenters. The third-order valence-corrected chi connectivity index (χ3v) is 4.73. The van der Waals surface area contributed by atoms with Crippen LogP contribution in [0.25, 0.3) is 11.4 Å². The molecule has 25 heavy (non-hydrogen) atoms. The van der Waals surface area contributed by atoms with E-state index in [1.807, 2.05) is 16.7 Å². The van der Waals surface area contributed by atoms with Crippen LogP contribution in [0.2, 0.25) is 0 Å². The van der Waals surface area contributed by atoms with Crippen LogP contribution in [-0.4, -0.2) is 45.3 Å². The number of aromatic nitrogens is 3. The van der Waals surface area contributed by atoms with E-state index in [4.69, 9.17) is 9.84 Å². The second-order valence-corrected chi connectivity index (χ2v) is 7.76. The molecular formula is C18H25N3O3S. The number of carbonyl (C=O) groups is 1. The molecule has 0 amide bonds. The van der Waals surface area contributed by atoms with Gasteiger partial charge in [-0.05, 0) is 17.4 Å². The number of carboxylic acid groups (broad SMARTS) is 1. The molecular weight excluding hydrogens is 338 g/mol. The van der Waals surface area contributed by atoms with E-state index < -0.39 is 5.97 Å². The fourth-order valence-electron chi connectivity index (χ4n) is 2.42. The van der Waals surface area contributed by atoms with Gasteiger partial charge in [-0.3, -0.25) is 4.79 Å². The Balaban J connectivity index is 2.30. The Morgan fingerprint density at radius 2 is 1.92 bits per heavy atom. The maximum atomic E-state index is 10.9. The van der Waals surface area contributed by atoms with Gasteiger partial charge in [-0.2, -0.15) is 0 Å². The Morgan fingerprint density at radius 3 is 2.48 bits per heavy atom. The molecule has 0 aliphatic carbocycles. The summed E-state index contributed by atoms with van der Waals surface area (Å²) in [5.41, 5.74) is 2.31. The highest BCUT2D eigenvalue weighted by Crippen LogP contribution is 2.27.